The van der Waals surface area contributed by atoms with E-state index in [0.717, 1.165) is 16.6 Å². The van der Waals surface area contributed by atoms with Gasteiger partial charge in [0.05, 0.1) is 23.5 Å². The number of carbonyl (C=O) groups excluding carboxylic acids is 1. The Morgan fingerprint density at radius 2 is 2.07 bits per heavy atom. The molecule has 0 atom stereocenters. The number of H-pyrrole nitrogens is 1. The summed E-state index contributed by atoms with van der Waals surface area (Å²) in [4.78, 5) is 16.7. The topological polar surface area (TPSA) is 127 Å². The number of benzene rings is 2. The summed E-state index contributed by atoms with van der Waals surface area (Å²) in [5.74, 6) is 0.157. The summed E-state index contributed by atoms with van der Waals surface area (Å²) < 4.78 is 6.89. The van der Waals surface area contributed by atoms with Crippen LogP contribution in [-0.4, -0.2) is 36.0 Å². The first-order chi connectivity index (χ1) is 14.6. The Morgan fingerprint density at radius 3 is 2.93 bits per heavy atom. The van der Waals surface area contributed by atoms with Crippen LogP contribution in [0.25, 0.3) is 22.3 Å². The van der Waals surface area contributed by atoms with Crippen LogP contribution in [0.1, 0.15) is 10.4 Å². The van der Waals surface area contributed by atoms with Crippen molar-refractivity contribution < 1.29 is 9.32 Å². The second-order valence-corrected chi connectivity index (χ2v) is 6.66. The number of aromatic nitrogens is 6. The first-order valence-electron chi connectivity index (χ1n) is 9.08. The smallest absolute Gasteiger partial charge is 0.322 e. The van der Waals surface area contributed by atoms with Gasteiger partial charge in [0, 0.05) is 35.6 Å². The molecule has 2 aromatic carbocycles. The maximum atomic E-state index is 12.3. The number of hydrogen-bond acceptors (Lipinski definition) is 7. The van der Waals surface area contributed by atoms with Gasteiger partial charge in [-0.15, -0.1) is 0 Å². The molecule has 10 nitrogen and oxygen atoms in total. The van der Waals surface area contributed by atoms with Crippen LogP contribution >= 0.6 is 0 Å². The molecule has 0 unspecified atom stereocenters. The zero-order valence-corrected chi connectivity index (χ0v) is 15.8. The largest absolute Gasteiger partial charge is 0.326 e. The van der Waals surface area contributed by atoms with Gasteiger partial charge in [-0.1, -0.05) is 17.3 Å². The lowest BCUT2D eigenvalue weighted by molar-refractivity contribution is 0.102. The average Bonchev–Trinajstić information content (AvgIpc) is 3.49. The van der Waals surface area contributed by atoms with E-state index in [-0.39, 0.29) is 11.9 Å². The maximum Gasteiger partial charge on any atom is 0.326 e. The lowest BCUT2D eigenvalue weighted by Gasteiger charge is -2.04. The van der Waals surface area contributed by atoms with Crippen molar-refractivity contribution in [1.29, 1.82) is 0 Å². The number of nitrogens with zero attached hydrogens (tertiary/aromatic N) is 5. The summed E-state index contributed by atoms with van der Waals surface area (Å²) in [5.41, 5.74) is 3.55. The Morgan fingerprint density at radius 1 is 1.13 bits per heavy atom. The van der Waals surface area contributed by atoms with Gasteiger partial charge in [0.15, 0.2) is 0 Å². The highest BCUT2D eigenvalue weighted by molar-refractivity contribution is 6.04. The minimum atomic E-state index is -0.245. The first-order valence-corrected chi connectivity index (χ1v) is 9.08. The fourth-order valence-electron chi connectivity index (χ4n) is 3.01. The molecule has 0 aliphatic carbocycles. The van der Waals surface area contributed by atoms with Crippen LogP contribution in [0, 0.1) is 0 Å². The highest BCUT2D eigenvalue weighted by Gasteiger charge is 2.12. The summed E-state index contributed by atoms with van der Waals surface area (Å²) in [7, 11) is 1.76. The SMILES string of the molecule is Cn1cc(C(=O)Nc2cccc(-c3noc(Nc4ccc5[nH]ncc5c4)n3)c2)cn1. The van der Waals surface area contributed by atoms with Crippen molar-refractivity contribution in [3.05, 3.63) is 66.6 Å². The summed E-state index contributed by atoms with van der Waals surface area (Å²) >= 11 is 0. The van der Waals surface area contributed by atoms with Gasteiger partial charge in [0.25, 0.3) is 5.91 Å². The van der Waals surface area contributed by atoms with Crippen LogP contribution in [0.5, 0.6) is 0 Å². The van der Waals surface area contributed by atoms with E-state index in [1.807, 2.05) is 30.3 Å². The van der Waals surface area contributed by atoms with Crippen molar-refractivity contribution in [2.24, 2.45) is 7.05 Å². The minimum absolute atomic E-state index is 0.245. The van der Waals surface area contributed by atoms with Gasteiger partial charge < -0.3 is 15.2 Å². The van der Waals surface area contributed by atoms with Gasteiger partial charge in [-0.2, -0.15) is 15.2 Å². The molecular formula is C20H16N8O2. The summed E-state index contributed by atoms with van der Waals surface area (Å²) in [5, 5.41) is 21.8. The molecule has 0 radical (unpaired) electrons. The Kier molecular flexibility index (Phi) is 4.21. The van der Waals surface area contributed by atoms with E-state index in [1.54, 1.807) is 36.3 Å². The predicted octanol–water partition coefficient (Wildman–Crippen LogP) is 3.34. The molecule has 1 amide bonds. The molecule has 0 saturated heterocycles. The molecule has 3 aromatic heterocycles. The van der Waals surface area contributed by atoms with E-state index >= 15 is 0 Å². The number of aryl methyl sites for hydroxylation is 1. The highest BCUT2D eigenvalue weighted by atomic mass is 16.5. The second-order valence-electron chi connectivity index (χ2n) is 6.66. The molecule has 5 aromatic rings. The zero-order valence-electron chi connectivity index (χ0n) is 15.8. The first kappa shape index (κ1) is 17.6. The van der Waals surface area contributed by atoms with Crippen LogP contribution in [0.15, 0.2) is 65.6 Å². The molecule has 10 heteroatoms. The normalized spacial score (nSPS) is 11.0. The van der Waals surface area contributed by atoms with Gasteiger partial charge in [-0.05, 0) is 30.3 Å². The van der Waals surface area contributed by atoms with Gasteiger partial charge in [-0.3, -0.25) is 14.6 Å². The number of hydrogen-bond donors (Lipinski definition) is 3. The van der Waals surface area contributed by atoms with E-state index in [0.29, 0.717) is 22.6 Å². The molecule has 0 bridgehead atoms. The van der Waals surface area contributed by atoms with Gasteiger partial charge in [0.1, 0.15) is 0 Å². The van der Waals surface area contributed by atoms with Crippen LogP contribution < -0.4 is 10.6 Å². The zero-order chi connectivity index (χ0) is 20.5. The van der Waals surface area contributed by atoms with Gasteiger partial charge in [0.2, 0.25) is 5.82 Å². The van der Waals surface area contributed by atoms with Crippen molar-refractivity contribution in [2.45, 2.75) is 0 Å². The summed E-state index contributed by atoms with van der Waals surface area (Å²) in [6.07, 6.45) is 4.90. The Labute approximate surface area is 169 Å². The van der Waals surface area contributed by atoms with E-state index in [1.165, 1.54) is 6.20 Å². The Bertz CT molecular complexity index is 1350. The molecule has 148 valence electrons. The number of fused-ring (bicyclic) bond motifs is 1. The van der Waals surface area contributed by atoms with E-state index in [9.17, 15) is 4.79 Å². The van der Waals surface area contributed by atoms with Gasteiger partial charge in [-0.25, -0.2) is 0 Å². The quantitative estimate of drug-likeness (QED) is 0.413. The van der Waals surface area contributed by atoms with Crippen LogP contribution in [0.4, 0.5) is 17.4 Å². The van der Waals surface area contributed by atoms with Crippen LogP contribution in [0.2, 0.25) is 0 Å². The third kappa shape index (κ3) is 3.49. The number of amides is 1. The molecule has 30 heavy (non-hydrogen) atoms. The predicted molar refractivity (Wildman–Crippen MR) is 110 cm³/mol. The highest BCUT2D eigenvalue weighted by Crippen LogP contribution is 2.24. The van der Waals surface area contributed by atoms with E-state index in [4.69, 9.17) is 4.52 Å². The number of rotatable bonds is 5. The van der Waals surface area contributed by atoms with Crippen molar-refractivity contribution in [3.63, 3.8) is 0 Å². The Hall–Kier alpha value is -4.47. The van der Waals surface area contributed by atoms with Crippen molar-refractivity contribution in [3.8, 4) is 11.4 Å². The monoisotopic (exact) mass is 400 g/mol. The second kappa shape index (κ2) is 7.17. The lowest BCUT2D eigenvalue weighted by Crippen LogP contribution is -2.11. The molecule has 3 heterocycles. The van der Waals surface area contributed by atoms with Crippen LogP contribution in [-0.2, 0) is 7.05 Å². The number of anilines is 3. The fourth-order valence-corrected chi connectivity index (χ4v) is 3.01. The van der Waals surface area contributed by atoms with Crippen molar-refractivity contribution >= 4 is 34.2 Å². The van der Waals surface area contributed by atoms with Crippen LogP contribution in [0.3, 0.4) is 0 Å². The third-order valence-electron chi connectivity index (χ3n) is 4.46. The molecule has 0 fully saturated rings. The summed E-state index contributed by atoms with van der Waals surface area (Å²) in [6, 6.07) is 13.2. The number of carbonyl (C=O) groups is 1. The Balaban J connectivity index is 1.33. The molecule has 0 saturated carbocycles. The molecule has 0 aliphatic heterocycles. The lowest BCUT2D eigenvalue weighted by atomic mass is 10.2. The minimum Gasteiger partial charge on any atom is -0.322 e. The molecule has 0 aliphatic rings. The number of nitrogens with one attached hydrogen (secondary N) is 3. The molecular weight excluding hydrogens is 384 g/mol. The van der Waals surface area contributed by atoms with Crippen molar-refractivity contribution in [1.82, 2.24) is 30.1 Å². The van der Waals surface area contributed by atoms with Crippen molar-refractivity contribution in [2.75, 3.05) is 10.6 Å². The molecule has 5 rings (SSSR count). The molecule has 3 N–H and O–H groups in total. The summed E-state index contributed by atoms with van der Waals surface area (Å²) in [6.45, 7) is 0. The average molecular weight is 400 g/mol. The standard InChI is InChI=1S/C20H16N8O2/c1-28-11-14(10-22-28)19(29)23-15-4-2-3-12(7-15)18-25-20(30-27-18)24-16-5-6-17-13(8-16)9-21-26-17/h2-11H,1H3,(H,21,26)(H,23,29)(H,24,25,27). The third-order valence-corrected chi connectivity index (χ3v) is 4.46. The van der Waals surface area contributed by atoms with E-state index < -0.39 is 0 Å². The molecule has 0 spiro atoms. The van der Waals surface area contributed by atoms with E-state index in [2.05, 4.69) is 36.1 Å². The number of aromatic amines is 1. The maximum absolute atomic E-state index is 12.3. The van der Waals surface area contributed by atoms with Gasteiger partial charge >= 0.3 is 6.01 Å². The fraction of sp³-hybridized carbons (Fsp3) is 0.0500.